The van der Waals surface area contributed by atoms with Crippen molar-refractivity contribution in [3.8, 4) is 11.4 Å². The molecule has 0 spiro atoms. The molecule has 0 bridgehead atoms. The average molecular weight is 822 g/mol. The number of nitrogens with one attached hydrogen (secondary N) is 1. The zero-order valence-electron chi connectivity index (χ0n) is 31.0. The molecule has 0 aliphatic carbocycles. The number of amides is 1. The molecule has 0 radical (unpaired) electrons. The fourth-order valence-electron chi connectivity index (χ4n) is 7.50. The molecule has 1 unspecified atom stereocenters. The number of rotatable bonds is 10. The lowest BCUT2D eigenvalue weighted by Gasteiger charge is -2.36. The fourth-order valence-corrected chi connectivity index (χ4v) is 8.59. The van der Waals surface area contributed by atoms with E-state index in [1.54, 1.807) is 0 Å². The highest BCUT2D eigenvalue weighted by molar-refractivity contribution is 7.47. The highest BCUT2D eigenvalue weighted by Gasteiger charge is 2.55. The van der Waals surface area contributed by atoms with Gasteiger partial charge in [-0.3, -0.25) is 32.8 Å². The van der Waals surface area contributed by atoms with E-state index in [2.05, 4.69) is 20.3 Å². The van der Waals surface area contributed by atoms with Crippen LogP contribution in [-0.2, 0) is 70.5 Å². The number of hydrogen-bond donors (Lipinski definition) is 2. The van der Waals surface area contributed by atoms with E-state index in [0.29, 0.717) is 16.9 Å². The van der Waals surface area contributed by atoms with Crippen molar-refractivity contribution in [2.75, 3.05) is 11.9 Å². The lowest BCUT2D eigenvalue weighted by molar-refractivity contribution is -0.171. The number of pyridine rings is 2. The number of esters is 3. The summed E-state index contributed by atoms with van der Waals surface area (Å²) < 4.78 is 64.6. The summed E-state index contributed by atoms with van der Waals surface area (Å²) in [6.45, 7) is 3.66. The molecule has 4 aromatic heterocycles. The van der Waals surface area contributed by atoms with Gasteiger partial charge in [-0.2, -0.15) is 14.4 Å². The van der Waals surface area contributed by atoms with E-state index < -0.39 is 86.6 Å². The van der Waals surface area contributed by atoms with Gasteiger partial charge in [-0.1, -0.05) is 25.1 Å². The molecule has 1 fully saturated rings. The molecule has 0 saturated carbocycles. The largest absolute Gasteiger partial charge is 0.473 e. The minimum Gasteiger partial charge on any atom is -0.458 e. The lowest BCUT2D eigenvalue weighted by atomic mass is 9.86. The topological polar surface area (TPSA) is 251 Å². The zero-order chi connectivity index (χ0) is 41.3. The van der Waals surface area contributed by atoms with Crippen LogP contribution in [0.4, 0.5) is 10.2 Å². The molecule has 302 valence electrons. The average Bonchev–Trinajstić information content (AvgIpc) is 3.84. The van der Waals surface area contributed by atoms with Crippen LogP contribution in [0.1, 0.15) is 57.0 Å². The monoisotopic (exact) mass is 821 g/mol. The van der Waals surface area contributed by atoms with Gasteiger partial charge in [0.2, 0.25) is 11.5 Å². The fraction of sp³-hybridized carbons (Fsp3) is 0.361. The Labute approximate surface area is 325 Å². The Kier molecular flexibility index (Phi) is 9.67. The van der Waals surface area contributed by atoms with E-state index in [4.69, 9.17) is 33.0 Å². The number of carbonyl (C=O) groups excluding carboxylic acids is 4. The van der Waals surface area contributed by atoms with Gasteiger partial charge in [0.15, 0.2) is 35.4 Å². The summed E-state index contributed by atoms with van der Waals surface area (Å²) in [7, 11) is -5.36. The molecular formula is C36H33FN7O13P. The Hall–Kier alpha value is -5.99. The molecule has 2 N–H and O–H groups in total. The van der Waals surface area contributed by atoms with Gasteiger partial charge in [-0.05, 0) is 24.6 Å². The van der Waals surface area contributed by atoms with Gasteiger partial charge in [-0.15, -0.1) is 0 Å². The van der Waals surface area contributed by atoms with Crippen molar-refractivity contribution in [1.29, 1.82) is 0 Å². The van der Waals surface area contributed by atoms with Gasteiger partial charge in [0.05, 0.1) is 41.9 Å². The molecule has 6 atom stereocenters. The van der Waals surface area contributed by atoms with Crippen LogP contribution in [0.25, 0.3) is 33.5 Å². The van der Waals surface area contributed by atoms with Gasteiger partial charge in [0, 0.05) is 37.3 Å². The van der Waals surface area contributed by atoms with Crippen LogP contribution in [0.2, 0.25) is 0 Å². The number of halogens is 1. The van der Waals surface area contributed by atoms with Crippen LogP contribution < -0.4 is 10.9 Å². The Morgan fingerprint density at radius 3 is 2.53 bits per heavy atom. The SMILES string of the molecule is CC[C@@]1(OP(=O)(O)OC[C@H]2O[C@@H](n3cnc4c(NC(C)=O)nc(F)nc43)[C@@H](OC(C)=O)[C@@H]2OC(C)=O)C(=O)OCc2c1cc1n(c2=O)Cc2cc3ccccc3nc2-1. The third-order valence-electron chi connectivity index (χ3n) is 9.91. The van der Waals surface area contributed by atoms with Crippen molar-refractivity contribution in [3.05, 3.63) is 75.8 Å². The normalized spacial score (nSPS) is 23.1. The maximum Gasteiger partial charge on any atom is 0.473 e. The minimum absolute atomic E-state index is 0.00656. The number of fused-ring (bicyclic) bond motifs is 6. The summed E-state index contributed by atoms with van der Waals surface area (Å²) >= 11 is 0. The third-order valence-corrected chi connectivity index (χ3v) is 10.9. The molecule has 58 heavy (non-hydrogen) atoms. The molecule has 3 aliphatic heterocycles. The number of imidazole rings is 1. The van der Waals surface area contributed by atoms with Crippen molar-refractivity contribution in [1.82, 2.24) is 29.1 Å². The van der Waals surface area contributed by atoms with Gasteiger partial charge >= 0.3 is 31.8 Å². The van der Waals surface area contributed by atoms with Crippen LogP contribution in [0, 0.1) is 6.08 Å². The number of para-hydroxylation sites is 1. The molecule has 7 heterocycles. The second kappa shape index (κ2) is 14.4. The van der Waals surface area contributed by atoms with Gasteiger partial charge in [0.1, 0.15) is 12.7 Å². The number of carbonyl (C=O) groups is 4. The van der Waals surface area contributed by atoms with E-state index in [1.807, 2.05) is 30.3 Å². The van der Waals surface area contributed by atoms with Crippen LogP contribution in [-0.4, -0.2) is 82.7 Å². The van der Waals surface area contributed by atoms with Gasteiger partial charge in [-0.25, -0.2) is 19.3 Å². The molecule has 1 aromatic carbocycles. The molecule has 3 aliphatic rings. The van der Waals surface area contributed by atoms with Crippen molar-refractivity contribution in [2.24, 2.45) is 0 Å². The molecular weight excluding hydrogens is 788 g/mol. The lowest BCUT2D eigenvalue weighted by Crippen LogP contribution is -2.46. The number of benzene rings is 1. The smallest absolute Gasteiger partial charge is 0.458 e. The predicted molar refractivity (Wildman–Crippen MR) is 194 cm³/mol. The second-order valence-electron chi connectivity index (χ2n) is 13.7. The first-order valence-electron chi connectivity index (χ1n) is 17.8. The highest BCUT2D eigenvalue weighted by Crippen LogP contribution is 2.54. The van der Waals surface area contributed by atoms with Crippen molar-refractivity contribution < 1.29 is 61.0 Å². The predicted octanol–water partition coefficient (Wildman–Crippen LogP) is 2.92. The van der Waals surface area contributed by atoms with Crippen molar-refractivity contribution >= 4 is 59.5 Å². The van der Waals surface area contributed by atoms with Gasteiger partial charge in [0.25, 0.3) is 5.56 Å². The summed E-state index contributed by atoms with van der Waals surface area (Å²) in [6.07, 6.45) is -6.41. The second-order valence-corrected chi connectivity index (χ2v) is 15.1. The summed E-state index contributed by atoms with van der Waals surface area (Å²) in [4.78, 5) is 91.5. The molecule has 1 amide bonds. The van der Waals surface area contributed by atoms with Crippen LogP contribution in [0.15, 0.2) is 47.5 Å². The van der Waals surface area contributed by atoms with E-state index in [1.165, 1.54) is 24.5 Å². The molecule has 8 rings (SSSR count). The van der Waals surface area contributed by atoms with E-state index >= 15 is 0 Å². The number of phosphoric acid groups is 1. The first-order chi connectivity index (χ1) is 27.6. The molecule has 5 aromatic rings. The van der Waals surface area contributed by atoms with Crippen molar-refractivity contribution in [2.45, 2.75) is 77.4 Å². The zero-order valence-corrected chi connectivity index (χ0v) is 31.9. The number of cyclic esters (lactones) is 1. The maximum absolute atomic E-state index is 14.6. The Morgan fingerprint density at radius 1 is 1.07 bits per heavy atom. The summed E-state index contributed by atoms with van der Waals surface area (Å²) in [5.41, 5.74) is -0.843. The van der Waals surface area contributed by atoms with Crippen LogP contribution in [0.3, 0.4) is 0 Å². The van der Waals surface area contributed by atoms with Crippen molar-refractivity contribution in [3.63, 3.8) is 0 Å². The van der Waals surface area contributed by atoms with E-state index in [-0.39, 0.29) is 41.1 Å². The number of ether oxygens (including phenoxy) is 4. The Balaban J connectivity index is 1.12. The van der Waals surface area contributed by atoms with E-state index in [9.17, 15) is 37.8 Å². The molecule has 20 nitrogen and oxygen atoms in total. The first-order valence-corrected chi connectivity index (χ1v) is 19.3. The van der Waals surface area contributed by atoms with Gasteiger partial charge < -0.3 is 33.7 Å². The maximum atomic E-state index is 14.6. The quantitative estimate of drug-likeness (QED) is 0.0872. The summed E-state index contributed by atoms with van der Waals surface area (Å²) in [6, 6.07) is 10.8. The standard InChI is InChI=1S/C36H33FN7O13P/c1-5-36(22-11-24-26-20(10-19-8-6-7-9-23(19)40-26)12-43(24)32(48)21(22)13-52-34(36)49)57-58(50,51)53-14-25-28(54-17(3)46)29(55-18(4)47)33(56-25)44-15-38-27-30(39-16(2)45)41-35(37)42-31(27)44/h6-11,15,25,28-29,33H,5,12-14H2,1-4H3,(H,50,51)(H,39,41,42,45)/t25-,28-,29+,33-,36+/m1/s1. The number of anilines is 1. The van der Waals surface area contributed by atoms with E-state index in [0.717, 1.165) is 35.7 Å². The Morgan fingerprint density at radius 2 is 1.81 bits per heavy atom. The molecule has 22 heteroatoms. The summed E-state index contributed by atoms with van der Waals surface area (Å²) in [5.74, 6) is -3.65. The summed E-state index contributed by atoms with van der Waals surface area (Å²) in [5, 5.41) is 3.21. The van der Waals surface area contributed by atoms with Crippen LogP contribution >= 0.6 is 7.82 Å². The number of aromatic nitrogens is 6. The highest BCUT2D eigenvalue weighted by atomic mass is 31.2. The first kappa shape index (κ1) is 38.9. The number of phosphoric ester groups is 1. The van der Waals surface area contributed by atoms with Crippen LogP contribution in [0.5, 0.6) is 0 Å². The number of nitrogens with zero attached hydrogens (tertiary/aromatic N) is 6. The third kappa shape index (κ3) is 6.69. The Bertz CT molecular complexity index is 2690. The number of hydrogen-bond acceptors (Lipinski definition) is 16. The molecule has 1 saturated heterocycles. The minimum atomic E-state index is -5.36.